The third-order valence-electron chi connectivity index (χ3n) is 4.15. The largest absolute Gasteiger partial charge is 0.357 e. The van der Waals surface area contributed by atoms with Crippen molar-refractivity contribution in [3.05, 3.63) is 30.1 Å². The first-order valence-corrected chi connectivity index (χ1v) is 8.49. The Bertz CT molecular complexity index is 662. The summed E-state index contributed by atoms with van der Waals surface area (Å²) in [7, 11) is 0. The highest BCUT2D eigenvalue weighted by Crippen LogP contribution is 2.15. The van der Waals surface area contributed by atoms with Crippen molar-refractivity contribution in [2.24, 2.45) is 10.9 Å². The fourth-order valence-corrected chi connectivity index (χ4v) is 2.44. The third-order valence-corrected chi connectivity index (χ3v) is 4.15. The number of hydrogen-bond acceptors (Lipinski definition) is 2. The summed E-state index contributed by atoms with van der Waals surface area (Å²) in [5, 5.41) is 6.78. The van der Waals surface area contributed by atoms with Crippen LogP contribution in [0.5, 0.6) is 0 Å². The van der Waals surface area contributed by atoms with Crippen molar-refractivity contribution in [3.8, 4) is 0 Å². The topological polar surface area (TPSA) is 54.2 Å². The molecule has 0 aliphatic carbocycles. The maximum atomic E-state index is 4.70. The Morgan fingerprint density at radius 2 is 1.96 bits per heavy atom. The molecule has 0 saturated heterocycles. The summed E-state index contributed by atoms with van der Waals surface area (Å²) < 4.78 is 2.23. The molecule has 0 spiro atoms. The second kappa shape index (κ2) is 9.86. The standard InChI is InChI=1S/C18H29N5.HI/c1-6-19-18(21-14(4)13(2)3)20-11-12-23-15(5)22-16-9-7-8-10-17(16)23;/h7-10,13-14H,6,11-12H2,1-5H3,(H2,19,20,21);1H. The zero-order chi connectivity index (χ0) is 16.8. The number of guanidine groups is 1. The maximum Gasteiger partial charge on any atom is 0.191 e. The Balaban J connectivity index is 0.00000288. The lowest BCUT2D eigenvalue weighted by atomic mass is 10.1. The smallest absolute Gasteiger partial charge is 0.191 e. The number of benzene rings is 1. The number of rotatable bonds is 6. The van der Waals surface area contributed by atoms with Crippen LogP contribution in [0.2, 0.25) is 0 Å². The van der Waals surface area contributed by atoms with Crippen molar-refractivity contribution in [2.45, 2.75) is 47.2 Å². The van der Waals surface area contributed by atoms with Gasteiger partial charge in [-0.3, -0.25) is 4.99 Å². The summed E-state index contributed by atoms with van der Waals surface area (Å²) in [5.41, 5.74) is 2.22. The molecule has 2 N–H and O–H groups in total. The summed E-state index contributed by atoms with van der Waals surface area (Å²) in [6, 6.07) is 8.64. The van der Waals surface area contributed by atoms with Crippen molar-refractivity contribution in [2.75, 3.05) is 13.1 Å². The van der Waals surface area contributed by atoms with E-state index >= 15 is 0 Å². The highest BCUT2D eigenvalue weighted by Gasteiger charge is 2.09. The number of hydrogen-bond donors (Lipinski definition) is 2. The molecule has 0 saturated carbocycles. The van der Waals surface area contributed by atoms with Crippen molar-refractivity contribution in [1.29, 1.82) is 0 Å². The molecule has 6 heteroatoms. The molecule has 1 aromatic carbocycles. The van der Waals surface area contributed by atoms with Gasteiger partial charge in [0.1, 0.15) is 5.82 Å². The predicted molar refractivity (Wildman–Crippen MR) is 113 cm³/mol. The molecule has 0 fully saturated rings. The van der Waals surface area contributed by atoms with Crippen LogP contribution in [-0.4, -0.2) is 34.6 Å². The van der Waals surface area contributed by atoms with E-state index in [1.165, 1.54) is 5.52 Å². The van der Waals surface area contributed by atoms with Crippen LogP contribution in [0, 0.1) is 12.8 Å². The molecule has 1 atom stereocenters. The minimum absolute atomic E-state index is 0. The third kappa shape index (κ3) is 5.36. The van der Waals surface area contributed by atoms with Gasteiger partial charge in [-0.1, -0.05) is 26.0 Å². The van der Waals surface area contributed by atoms with Crippen LogP contribution in [0.3, 0.4) is 0 Å². The molecule has 5 nitrogen and oxygen atoms in total. The Hall–Kier alpha value is -1.31. The maximum absolute atomic E-state index is 4.70. The molecule has 1 aromatic heterocycles. The second-order valence-corrected chi connectivity index (χ2v) is 6.24. The van der Waals surface area contributed by atoms with Gasteiger partial charge in [0.15, 0.2) is 5.96 Å². The van der Waals surface area contributed by atoms with Gasteiger partial charge < -0.3 is 15.2 Å². The molecule has 2 rings (SSSR count). The number of nitrogens with one attached hydrogen (secondary N) is 2. The number of imidazole rings is 1. The fraction of sp³-hybridized carbons (Fsp3) is 0.556. The highest BCUT2D eigenvalue weighted by atomic mass is 127. The minimum atomic E-state index is 0. The summed E-state index contributed by atoms with van der Waals surface area (Å²) in [6.07, 6.45) is 0. The van der Waals surface area contributed by atoms with Crippen LogP contribution in [0.4, 0.5) is 0 Å². The SMILES string of the molecule is CCNC(=NCCn1c(C)nc2ccccc21)NC(C)C(C)C.I. The van der Waals surface area contributed by atoms with Crippen LogP contribution < -0.4 is 10.6 Å². The first-order valence-electron chi connectivity index (χ1n) is 8.49. The number of aliphatic imine (C=N–C) groups is 1. The Kier molecular flexibility index (Phi) is 8.52. The minimum Gasteiger partial charge on any atom is -0.357 e. The van der Waals surface area contributed by atoms with E-state index in [1.54, 1.807) is 0 Å². The van der Waals surface area contributed by atoms with Crippen molar-refractivity contribution < 1.29 is 0 Å². The van der Waals surface area contributed by atoms with Gasteiger partial charge in [0.05, 0.1) is 17.6 Å². The van der Waals surface area contributed by atoms with Gasteiger partial charge in [-0.25, -0.2) is 4.98 Å². The zero-order valence-electron chi connectivity index (χ0n) is 15.3. The summed E-state index contributed by atoms with van der Waals surface area (Å²) in [4.78, 5) is 9.31. The molecule has 0 radical (unpaired) electrons. The number of halogens is 1. The van der Waals surface area contributed by atoms with Crippen LogP contribution in [0.25, 0.3) is 11.0 Å². The van der Waals surface area contributed by atoms with Gasteiger partial charge in [0.25, 0.3) is 0 Å². The van der Waals surface area contributed by atoms with Gasteiger partial charge in [-0.15, -0.1) is 24.0 Å². The Labute approximate surface area is 162 Å². The molecule has 2 aromatic rings. The average molecular weight is 443 g/mol. The lowest BCUT2D eigenvalue weighted by molar-refractivity contribution is 0.480. The summed E-state index contributed by atoms with van der Waals surface area (Å²) in [6.45, 7) is 13.2. The van der Waals surface area contributed by atoms with E-state index in [-0.39, 0.29) is 24.0 Å². The first-order chi connectivity index (χ1) is 11.0. The molecular formula is C18H30IN5. The monoisotopic (exact) mass is 443 g/mol. The molecular weight excluding hydrogens is 413 g/mol. The van der Waals surface area contributed by atoms with Crippen molar-refractivity contribution >= 4 is 41.0 Å². The second-order valence-electron chi connectivity index (χ2n) is 6.24. The van der Waals surface area contributed by atoms with E-state index in [0.29, 0.717) is 12.0 Å². The van der Waals surface area contributed by atoms with Gasteiger partial charge in [-0.05, 0) is 38.8 Å². The molecule has 134 valence electrons. The predicted octanol–water partition coefficient (Wildman–Crippen LogP) is 3.56. The van der Waals surface area contributed by atoms with Crippen molar-refractivity contribution in [3.63, 3.8) is 0 Å². The molecule has 24 heavy (non-hydrogen) atoms. The number of nitrogens with zero attached hydrogens (tertiary/aromatic N) is 3. The number of aryl methyl sites for hydroxylation is 1. The first kappa shape index (κ1) is 20.7. The van der Waals surface area contributed by atoms with Crippen LogP contribution >= 0.6 is 24.0 Å². The number of para-hydroxylation sites is 2. The van der Waals surface area contributed by atoms with Gasteiger partial charge >= 0.3 is 0 Å². The molecule has 0 amide bonds. The normalized spacial score (nSPS) is 13.0. The lowest BCUT2D eigenvalue weighted by Gasteiger charge is -2.20. The fourth-order valence-electron chi connectivity index (χ4n) is 2.44. The van der Waals surface area contributed by atoms with Crippen molar-refractivity contribution in [1.82, 2.24) is 20.2 Å². The zero-order valence-corrected chi connectivity index (χ0v) is 17.7. The average Bonchev–Trinajstić information content (AvgIpc) is 2.83. The molecule has 1 unspecified atom stereocenters. The van der Waals surface area contributed by atoms with E-state index in [1.807, 2.05) is 13.0 Å². The Morgan fingerprint density at radius 1 is 1.25 bits per heavy atom. The van der Waals surface area contributed by atoms with Crippen LogP contribution in [0.1, 0.15) is 33.5 Å². The molecule has 0 aliphatic rings. The quantitative estimate of drug-likeness (QED) is 0.408. The lowest BCUT2D eigenvalue weighted by Crippen LogP contribution is -2.44. The number of aromatic nitrogens is 2. The van der Waals surface area contributed by atoms with Crippen LogP contribution in [-0.2, 0) is 6.54 Å². The van der Waals surface area contributed by atoms with E-state index in [2.05, 4.69) is 66.1 Å². The highest BCUT2D eigenvalue weighted by molar-refractivity contribution is 14.0. The summed E-state index contributed by atoms with van der Waals surface area (Å²) >= 11 is 0. The van der Waals surface area contributed by atoms with Crippen LogP contribution in [0.15, 0.2) is 29.3 Å². The molecule has 0 aliphatic heterocycles. The van der Waals surface area contributed by atoms with E-state index < -0.39 is 0 Å². The van der Waals surface area contributed by atoms with E-state index in [9.17, 15) is 0 Å². The van der Waals surface area contributed by atoms with Gasteiger partial charge in [0, 0.05) is 19.1 Å². The molecule has 1 heterocycles. The summed E-state index contributed by atoms with van der Waals surface area (Å²) in [5.74, 6) is 2.49. The Morgan fingerprint density at radius 3 is 2.62 bits per heavy atom. The van der Waals surface area contributed by atoms with Gasteiger partial charge in [0.2, 0.25) is 0 Å². The van der Waals surface area contributed by atoms with E-state index in [4.69, 9.17) is 4.99 Å². The molecule has 0 bridgehead atoms. The number of fused-ring (bicyclic) bond motifs is 1. The van der Waals surface area contributed by atoms with Gasteiger partial charge in [-0.2, -0.15) is 0 Å². The van der Waals surface area contributed by atoms with E-state index in [0.717, 1.165) is 36.9 Å².